The normalized spacial score (nSPS) is 12.3. The first kappa shape index (κ1) is 19.1. The maximum absolute atomic E-state index is 5.97. The monoisotopic (exact) mass is 371 g/mol. The number of benzene rings is 2. The molecule has 0 saturated carbocycles. The van der Waals surface area contributed by atoms with E-state index in [9.17, 15) is 0 Å². The number of aryl methyl sites for hydroxylation is 1. The van der Waals surface area contributed by atoms with Crippen LogP contribution in [0.15, 0.2) is 42.5 Å². The predicted molar refractivity (Wildman–Crippen MR) is 110 cm³/mol. The zero-order chi connectivity index (χ0) is 18.4. The highest BCUT2D eigenvalue weighted by Crippen LogP contribution is 2.29. The van der Waals surface area contributed by atoms with E-state index in [0.717, 1.165) is 18.9 Å². The van der Waals surface area contributed by atoms with Gasteiger partial charge in [-0.3, -0.25) is 0 Å². The number of aromatic nitrogens is 1. The lowest BCUT2D eigenvalue weighted by atomic mass is 10.1. The maximum atomic E-state index is 5.97. The number of fused-ring (bicyclic) bond motifs is 3. The van der Waals surface area contributed by atoms with Gasteiger partial charge in [0, 0.05) is 47.7 Å². The number of H-pyrrole nitrogens is 1. The Labute approximate surface area is 156 Å². The molecular formula is C21H29NO3Si. The largest absolute Gasteiger partial charge is 0.500 e. The van der Waals surface area contributed by atoms with Crippen LogP contribution in [-0.4, -0.2) is 33.6 Å². The van der Waals surface area contributed by atoms with Crippen LogP contribution in [0.25, 0.3) is 21.8 Å². The van der Waals surface area contributed by atoms with Crippen LogP contribution < -0.4 is 0 Å². The SMILES string of the molecule is CCO[Si](CCCc1cccc2c1[nH]c1ccccc12)(OCC)OCC. The van der Waals surface area contributed by atoms with E-state index in [1.165, 1.54) is 27.4 Å². The van der Waals surface area contributed by atoms with Gasteiger partial charge in [-0.05, 0) is 45.2 Å². The molecule has 1 N–H and O–H groups in total. The molecule has 0 unspecified atom stereocenters. The Hall–Kier alpha value is -1.66. The van der Waals surface area contributed by atoms with Gasteiger partial charge in [0.05, 0.1) is 0 Å². The molecule has 0 aliphatic carbocycles. The fraction of sp³-hybridized carbons (Fsp3) is 0.429. The molecule has 0 amide bonds. The van der Waals surface area contributed by atoms with E-state index in [2.05, 4.69) is 47.4 Å². The van der Waals surface area contributed by atoms with Crippen LogP contribution in [0.4, 0.5) is 0 Å². The van der Waals surface area contributed by atoms with Crippen molar-refractivity contribution in [3.05, 3.63) is 48.0 Å². The van der Waals surface area contributed by atoms with E-state index < -0.39 is 8.80 Å². The molecule has 2 aromatic carbocycles. The molecule has 0 saturated heterocycles. The average molecular weight is 372 g/mol. The van der Waals surface area contributed by atoms with E-state index in [4.69, 9.17) is 13.3 Å². The summed E-state index contributed by atoms with van der Waals surface area (Å²) < 4.78 is 17.9. The number of hydrogen-bond acceptors (Lipinski definition) is 3. The van der Waals surface area contributed by atoms with Crippen molar-refractivity contribution in [3.8, 4) is 0 Å². The van der Waals surface area contributed by atoms with Crippen LogP contribution in [0.1, 0.15) is 32.8 Å². The zero-order valence-electron chi connectivity index (χ0n) is 16.0. The summed E-state index contributed by atoms with van der Waals surface area (Å²) in [6.07, 6.45) is 1.97. The number of hydrogen-bond donors (Lipinski definition) is 1. The minimum atomic E-state index is -2.56. The van der Waals surface area contributed by atoms with E-state index >= 15 is 0 Å². The fourth-order valence-corrected chi connectivity index (χ4v) is 6.25. The molecule has 0 spiro atoms. The van der Waals surface area contributed by atoms with Gasteiger partial charge in [0.15, 0.2) is 0 Å². The molecule has 1 heterocycles. The quantitative estimate of drug-likeness (QED) is 0.492. The fourth-order valence-electron chi connectivity index (χ4n) is 3.64. The van der Waals surface area contributed by atoms with E-state index in [1.807, 2.05) is 20.8 Å². The second-order valence-corrected chi connectivity index (χ2v) is 9.08. The third-order valence-electron chi connectivity index (χ3n) is 4.65. The van der Waals surface area contributed by atoms with E-state index in [1.54, 1.807) is 0 Å². The van der Waals surface area contributed by atoms with Crippen molar-refractivity contribution in [2.45, 2.75) is 39.7 Å². The van der Waals surface area contributed by atoms with Gasteiger partial charge in [-0.15, -0.1) is 0 Å². The lowest BCUT2D eigenvalue weighted by molar-refractivity contribution is 0.0708. The molecule has 0 aliphatic rings. The van der Waals surface area contributed by atoms with Gasteiger partial charge in [-0.1, -0.05) is 36.4 Å². The standard InChI is InChI=1S/C21H29NO3Si/c1-4-23-26(24-5-2,25-6-3)16-10-12-17-11-9-14-19-18-13-7-8-15-20(18)22-21(17)19/h7-9,11,13-15,22H,4-6,10,12,16H2,1-3H3. The van der Waals surface area contributed by atoms with Crippen molar-refractivity contribution in [1.82, 2.24) is 4.98 Å². The molecule has 0 aliphatic heterocycles. The molecule has 140 valence electrons. The molecule has 1 aromatic heterocycles. The van der Waals surface area contributed by atoms with Crippen LogP contribution in [0.2, 0.25) is 6.04 Å². The summed E-state index contributed by atoms with van der Waals surface area (Å²) in [5, 5.41) is 2.58. The molecule has 0 bridgehead atoms. The zero-order valence-corrected chi connectivity index (χ0v) is 17.0. The smallest absolute Gasteiger partial charge is 0.374 e. The maximum Gasteiger partial charge on any atom is 0.500 e. The van der Waals surface area contributed by atoms with Crippen molar-refractivity contribution >= 4 is 30.6 Å². The van der Waals surface area contributed by atoms with Crippen LogP contribution in [0, 0.1) is 0 Å². The highest BCUT2D eigenvalue weighted by atomic mass is 28.4. The molecule has 3 aromatic rings. The number of aromatic amines is 1. The second-order valence-electron chi connectivity index (χ2n) is 6.35. The highest BCUT2D eigenvalue weighted by molar-refractivity contribution is 6.60. The van der Waals surface area contributed by atoms with E-state index in [0.29, 0.717) is 19.8 Å². The second kappa shape index (κ2) is 8.82. The molecule has 4 nitrogen and oxygen atoms in total. The molecule has 0 atom stereocenters. The molecule has 0 fully saturated rings. The molecular weight excluding hydrogens is 342 g/mol. The first-order chi connectivity index (χ1) is 12.7. The van der Waals surface area contributed by atoms with Crippen LogP contribution in [0.3, 0.4) is 0 Å². The van der Waals surface area contributed by atoms with Crippen LogP contribution in [0.5, 0.6) is 0 Å². The minimum absolute atomic E-state index is 0.629. The lowest BCUT2D eigenvalue weighted by Crippen LogP contribution is -2.46. The third-order valence-corrected chi connectivity index (χ3v) is 7.80. The highest BCUT2D eigenvalue weighted by Gasteiger charge is 2.39. The van der Waals surface area contributed by atoms with Crippen molar-refractivity contribution in [3.63, 3.8) is 0 Å². The van der Waals surface area contributed by atoms with Gasteiger partial charge in [-0.2, -0.15) is 0 Å². The average Bonchev–Trinajstić information content (AvgIpc) is 3.02. The van der Waals surface area contributed by atoms with Crippen molar-refractivity contribution < 1.29 is 13.3 Å². The van der Waals surface area contributed by atoms with Gasteiger partial charge >= 0.3 is 8.80 Å². The van der Waals surface area contributed by atoms with Crippen LogP contribution >= 0.6 is 0 Å². The Bertz CT molecular complexity index is 828. The minimum Gasteiger partial charge on any atom is -0.374 e. The summed E-state index contributed by atoms with van der Waals surface area (Å²) in [5.41, 5.74) is 3.77. The molecule has 5 heteroatoms. The Kier molecular flexibility index (Phi) is 6.48. The first-order valence-corrected chi connectivity index (χ1v) is 11.6. The Morgan fingerprint density at radius 2 is 1.46 bits per heavy atom. The van der Waals surface area contributed by atoms with Crippen molar-refractivity contribution in [2.75, 3.05) is 19.8 Å². The first-order valence-electron chi connectivity index (χ1n) is 9.63. The molecule has 3 rings (SSSR count). The van der Waals surface area contributed by atoms with Crippen molar-refractivity contribution in [2.24, 2.45) is 0 Å². The number of nitrogens with one attached hydrogen (secondary N) is 1. The Balaban J connectivity index is 1.78. The predicted octanol–water partition coefficient (Wildman–Crippen LogP) is 5.30. The third kappa shape index (κ3) is 4.01. The van der Waals surface area contributed by atoms with Gasteiger partial charge in [0.1, 0.15) is 0 Å². The van der Waals surface area contributed by atoms with Gasteiger partial charge in [-0.25, -0.2) is 0 Å². The van der Waals surface area contributed by atoms with Crippen LogP contribution in [-0.2, 0) is 19.7 Å². The summed E-state index contributed by atoms with van der Waals surface area (Å²) in [6, 6.07) is 15.9. The summed E-state index contributed by atoms with van der Waals surface area (Å²) >= 11 is 0. The summed E-state index contributed by atoms with van der Waals surface area (Å²) in [6.45, 7) is 7.90. The summed E-state index contributed by atoms with van der Waals surface area (Å²) in [4.78, 5) is 3.59. The number of rotatable bonds is 10. The van der Waals surface area contributed by atoms with Crippen molar-refractivity contribution in [1.29, 1.82) is 0 Å². The number of para-hydroxylation sites is 2. The Morgan fingerprint density at radius 3 is 2.15 bits per heavy atom. The molecule has 0 radical (unpaired) electrons. The van der Waals surface area contributed by atoms with Gasteiger partial charge in [0.2, 0.25) is 0 Å². The molecule has 26 heavy (non-hydrogen) atoms. The van der Waals surface area contributed by atoms with E-state index in [-0.39, 0.29) is 0 Å². The van der Waals surface area contributed by atoms with Gasteiger partial charge < -0.3 is 18.3 Å². The lowest BCUT2D eigenvalue weighted by Gasteiger charge is -2.28. The summed E-state index contributed by atoms with van der Waals surface area (Å²) in [7, 11) is -2.56. The summed E-state index contributed by atoms with van der Waals surface area (Å²) in [5.74, 6) is 0. The topological polar surface area (TPSA) is 43.5 Å². The Morgan fingerprint density at radius 1 is 0.808 bits per heavy atom. The van der Waals surface area contributed by atoms with Gasteiger partial charge in [0.25, 0.3) is 0 Å².